The van der Waals surface area contributed by atoms with E-state index in [0.29, 0.717) is 25.9 Å². The molecule has 0 aliphatic heterocycles. The van der Waals surface area contributed by atoms with Crippen molar-refractivity contribution in [3.63, 3.8) is 0 Å². The van der Waals surface area contributed by atoms with Crippen molar-refractivity contribution in [2.75, 3.05) is 13.7 Å². The molecule has 1 amide bonds. The van der Waals surface area contributed by atoms with Crippen LogP contribution in [0.3, 0.4) is 0 Å². The second kappa shape index (κ2) is 7.99. The minimum Gasteiger partial charge on any atom is -0.494 e. The molecule has 3 aromatic rings. The molecule has 1 aromatic heterocycles. The molecule has 0 unspecified atom stereocenters. The summed E-state index contributed by atoms with van der Waals surface area (Å²) in [6.07, 6.45) is 0.801. The zero-order valence-electron chi connectivity index (χ0n) is 15.0. The SMILES string of the molecule is COc1ccc(CCC(=O)NCCn2c(C)nc3ccccc32)cc1F. The number of methoxy groups -OCH3 is 1. The number of benzene rings is 2. The molecular weight excluding hydrogens is 333 g/mol. The molecule has 1 N–H and O–H groups in total. The van der Waals surface area contributed by atoms with Crippen LogP contribution in [0.25, 0.3) is 11.0 Å². The average molecular weight is 355 g/mol. The Morgan fingerprint density at radius 2 is 2.08 bits per heavy atom. The Kier molecular flexibility index (Phi) is 5.51. The Balaban J connectivity index is 1.50. The number of aromatic nitrogens is 2. The second-order valence-electron chi connectivity index (χ2n) is 6.12. The number of imidazole rings is 1. The van der Waals surface area contributed by atoms with E-state index in [0.717, 1.165) is 22.4 Å². The Labute approximate surface area is 151 Å². The molecule has 26 heavy (non-hydrogen) atoms. The standard InChI is InChI=1S/C20H22FN3O2/c1-14-23-17-5-3-4-6-18(17)24(14)12-11-22-20(25)10-8-15-7-9-19(26-2)16(21)13-15/h3-7,9,13H,8,10-12H2,1-2H3,(H,22,25). The molecule has 0 saturated carbocycles. The first-order valence-corrected chi connectivity index (χ1v) is 8.59. The van der Waals surface area contributed by atoms with Gasteiger partial charge in [0.2, 0.25) is 5.91 Å². The number of fused-ring (bicyclic) bond motifs is 1. The van der Waals surface area contributed by atoms with E-state index in [1.807, 2.05) is 31.2 Å². The zero-order chi connectivity index (χ0) is 18.5. The number of nitrogens with zero attached hydrogens (tertiary/aromatic N) is 2. The molecule has 0 spiro atoms. The molecule has 0 radical (unpaired) electrons. The van der Waals surface area contributed by atoms with E-state index in [2.05, 4.69) is 14.9 Å². The van der Waals surface area contributed by atoms with Crippen molar-refractivity contribution in [2.24, 2.45) is 0 Å². The van der Waals surface area contributed by atoms with Gasteiger partial charge in [-0.1, -0.05) is 18.2 Å². The highest BCUT2D eigenvalue weighted by Crippen LogP contribution is 2.18. The Morgan fingerprint density at radius 1 is 1.27 bits per heavy atom. The molecule has 0 saturated heterocycles. The van der Waals surface area contributed by atoms with Gasteiger partial charge >= 0.3 is 0 Å². The maximum absolute atomic E-state index is 13.7. The summed E-state index contributed by atoms with van der Waals surface area (Å²) in [6.45, 7) is 3.15. The summed E-state index contributed by atoms with van der Waals surface area (Å²) < 4.78 is 20.7. The highest BCUT2D eigenvalue weighted by Gasteiger charge is 2.08. The number of ether oxygens (including phenoxy) is 1. The van der Waals surface area contributed by atoms with Crippen molar-refractivity contribution in [3.8, 4) is 5.75 Å². The minimum atomic E-state index is -0.409. The third-order valence-electron chi connectivity index (χ3n) is 4.36. The third kappa shape index (κ3) is 4.02. The van der Waals surface area contributed by atoms with Crippen molar-refractivity contribution in [3.05, 3.63) is 59.7 Å². The quantitative estimate of drug-likeness (QED) is 0.708. The molecule has 3 rings (SSSR count). The normalized spacial score (nSPS) is 10.9. The van der Waals surface area contributed by atoms with Crippen molar-refractivity contribution in [1.29, 1.82) is 0 Å². The van der Waals surface area contributed by atoms with E-state index in [1.165, 1.54) is 13.2 Å². The first kappa shape index (κ1) is 17.9. The van der Waals surface area contributed by atoms with Gasteiger partial charge in [0.25, 0.3) is 0 Å². The predicted octanol–water partition coefficient (Wildman–Crippen LogP) is 3.24. The lowest BCUT2D eigenvalue weighted by molar-refractivity contribution is -0.121. The van der Waals surface area contributed by atoms with Crippen LogP contribution in [0, 0.1) is 12.7 Å². The van der Waals surface area contributed by atoms with Gasteiger partial charge in [-0.3, -0.25) is 4.79 Å². The zero-order valence-corrected chi connectivity index (χ0v) is 15.0. The fourth-order valence-electron chi connectivity index (χ4n) is 3.00. The number of amides is 1. The van der Waals surface area contributed by atoms with E-state index in [1.54, 1.807) is 12.1 Å². The van der Waals surface area contributed by atoms with Crippen LogP contribution in [0.5, 0.6) is 5.75 Å². The van der Waals surface area contributed by atoms with Gasteiger partial charge in [-0.15, -0.1) is 0 Å². The Morgan fingerprint density at radius 3 is 2.85 bits per heavy atom. The first-order valence-electron chi connectivity index (χ1n) is 8.59. The summed E-state index contributed by atoms with van der Waals surface area (Å²) in [5.41, 5.74) is 2.79. The minimum absolute atomic E-state index is 0.0525. The van der Waals surface area contributed by atoms with Gasteiger partial charge in [0, 0.05) is 19.5 Å². The number of hydrogen-bond acceptors (Lipinski definition) is 3. The van der Waals surface area contributed by atoms with E-state index in [4.69, 9.17) is 4.74 Å². The Bertz CT molecular complexity index is 921. The molecule has 0 bridgehead atoms. The molecule has 136 valence electrons. The number of hydrogen-bond donors (Lipinski definition) is 1. The average Bonchev–Trinajstić information content (AvgIpc) is 2.95. The fraction of sp³-hybridized carbons (Fsp3) is 0.300. The number of carbonyl (C=O) groups excluding carboxylic acids is 1. The van der Waals surface area contributed by atoms with Crippen LogP contribution in [-0.4, -0.2) is 29.1 Å². The van der Waals surface area contributed by atoms with Gasteiger partial charge in [0.15, 0.2) is 11.6 Å². The number of nitrogens with one attached hydrogen (secondary N) is 1. The molecule has 5 nitrogen and oxygen atoms in total. The van der Waals surface area contributed by atoms with Crippen LogP contribution in [-0.2, 0) is 17.8 Å². The van der Waals surface area contributed by atoms with Gasteiger partial charge in [-0.05, 0) is 43.2 Å². The highest BCUT2D eigenvalue weighted by molar-refractivity contribution is 5.77. The fourth-order valence-corrected chi connectivity index (χ4v) is 3.00. The molecule has 0 aliphatic carbocycles. The van der Waals surface area contributed by atoms with E-state index in [-0.39, 0.29) is 11.7 Å². The maximum atomic E-state index is 13.7. The van der Waals surface area contributed by atoms with Gasteiger partial charge in [0.05, 0.1) is 18.1 Å². The first-order chi connectivity index (χ1) is 12.6. The van der Waals surface area contributed by atoms with E-state index < -0.39 is 5.82 Å². The summed E-state index contributed by atoms with van der Waals surface area (Å²) in [4.78, 5) is 16.6. The third-order valence-corrected chi connectivity index (χ3v) is 4.36. The van der Waals surface area contributed by atoms with Crippen LogP contribution in [0.1, 0.15) is 17.8 Å². The van der Waals surface area contributed by atoms with Crippen LogP contribution in [0.2, 0.25) is 0 Å². The topological polar surface area (TPSA) is 56.1 Å². The monoisotopic (exact) mass is 355 g/mol. The van der Waals surface area contributed by atoms with Crippen molar-refractivity contribution >= 4 is 16.9 Å². The highest BCUT2D eigenvalue weighted by atomic mass is 19.1. The predicted molar refractivity (Wildman–Crippen MR) is 98.8 cm³/mol. The summed E-state index contributed by atoms with van der Waals surface area (Å²) >= 11 is 0. The van der Waals surface area contributed by atoms with E-state index >= 15 is 0 Å². The lowest BCUT2D eigenvalue weighted by atomic mass is 10.1. The summed E-state index contributed by atoms with van der Waals surface area (Å²) in [6, 6.07) is 12.7. The van der Waals surface area contributed by atoms with Crippen molar-refractivity contribution < 1.29 is 13.9 Å². The molecule has 2 aromatic carbocycles. The second-order valence-corrected chi connectivity index (χ2v) is 6.12. The number of para-hydroxylation sites is 2. The number of carbonyl (C=O) groups is 1. The van der Waals surface area contributed by atoms with Crippen LogP contribution >= 0.6 is 0 Å². The molecular formula is C20H22FN3O2. The van der Waals surface area contributed by atoms with E-state index in [9.17, 15) is 9.18 Å². The Hall–Kier alpha value is -2.89. The number of aryl methyl sites for hydroxylation is 2. The van der Waals surface area contributed by atoms with Gasteiger partial charge in [-0.25, -0.2) is 9.37 Å². The molecule has 0 aliphatic rings. The molecule has 6 heteroatoms. The lowest BCUT2D eigenvalue weighted by Crippen LogP contribution is -2.27. The smallest absolute Gasteiger partial charge is 0.220 e. The van der Waals surface area contributed by atoms with Crippen molar-refractivity contribution in [2.45, 2.75) is 26.3 Å². The van der Waals surface area contributed by atoms with Crippen LogP contribution < -0.4 is 10.1 Å². The number of halogens is 1. The van der Waals surface area contributed by atoms with Crippen LogP contribution in [0.4, 0.5) is 4.39 Å². The summed E-state index contributed by atoms with van der Waals surface area (Å²) in [5.74, 6) is 0.673. The number of rotatable bonds is 7. The van der Waals surface area contributed by atoms with Gasteiger partial charge in [0.1, 0.15) is 5.82 Å². The summed E-state index contributed by atoms with van der Waals surface area (Å²) in [7, 11) is 1.43. The maximum Gasteiger partial charge on any atom is 0.220 e. The molecule has 0 fully saturated rings. The lowest BCUT2D eigenvalue weighted by Gasteiger charge is -2.09. The van der Waals surface area contributed by atoms with Crippen molar-refractivity contribution in [1.82, 2.24) is 14.9 Å². The molecule has 0 atom stereocenters. The summed E-state index contributed by atoms with van der Waals surface area (Å²) in [5, 5.41) is 2.91. The van der Waals surface area contributed by atoms with Crippen LogP contribution in [0.15, 0.2) is 42.5 Å². The largest absolute Gasteiger partial charge is 0.494 e. The molecule has 1 heterocycles. The van der Waals surface area contributed by atoms with Gasteiger partial charge in [-0.2, -0.15) is 0 Å². The van der Waals surface area contributed by atoms with Gasteiger partial charge < -0.3 is 14.6 Å².